The second kappa shape index (κ2) is 12.7. The Kier molecular flexibility index (Phi) is 9.68. The van der Waals surface area contributed by atoms with E-state index in [-0.39, 0.29) is 5.97 Å². The van der Waals surface area contributed by atoms with E-state index >= 15 is 0 Å². The smallest absolute Gasteiger partial charge is 0.356 e. The average Bonchev–Trinajstić information content (AvgIpc) is 3.27. The highest BCUT2D eigenvalue weighted by atomic mass is 16.5. The van der Waals surface area contributed by atoms with Gasteiger partial charge in [0, 0.05) is 0 Å². The maximum absolute atomic E-state index is 12.8. The van der Waals surface area contributed by atoms with Gasteiger partial charge in [-0.3, -0.25) is 0 Å². The maximum Gasteiger partial charge on any atom is 0.356 e. The number of nitrogens with two attached hydrogens (primary N) is 1. The van der Waals surface area contributed by atoms with E-state index in [2.05, 4.69) is 17.1 Å². The van der Waals surface area contributed by atoms with Gasteiger partial charge in [-0.25, -0.2) is 9.78 Å². The van der Waals surface area contributed by atoms with Gasteiger partial charge in [0.25, 0.3) is 0 Å². The molecule has 0 aliphatic heterocycles. The summed E-state index contributed by atoms with van der Waals surface area (Å²) in [6.45, 7) is 0.502. The number of hydrogen-bond acceptors (Lipinski definition) is 4. The molecule has 3 rings (SSSR count). The first-order chi connectivity index (χ1) is 14.8. The van der Waals surface area contributed by atoms with Gasteiger partial charge in [0.15, 0.2) is 0 Å². The van der Waals surface area contributed by atoms with Gasteiger partial charge < -0.3 is 15.0 Å². The molecule has 0 unspecified atom stereocenters. The molecule has 0 bridgehead atoms. The van der Waals surface area contributed by atoms with Gasteiger partial charge >= 0.3 is 5.97 Å². The van der Waals surface area contributed by atoms with Crippen molar-refractivity contribution in [2.45, 2.75) is 96.1 Å². The highest BCUT2D eigenvalue weighted by molar-refractivity contribution is 5.87. The molecule has 5 heteroatoms. The molecule has 5 nitrogen and oxygen atoms in total. The molecule has 2 aliphatic rings. The number of aromatic nitrogens is 2. The zero-order chi connectivity index (χ0) is 21.0. The average molecular weight is 414 g/mol. The molecule has 166 valence electrons. The normalized spacial score (nSPS) is 21.0. The van der Waals surface area contributed by atoms with Crippen molar-refractivity contribution in [2.75, 3.05) is 6.61 Å². The van der Waals surface area contributed by atoms with Gasteiger partial charge in [0.05, 0.1) is 19.1 Å². The number of hydrogen-bond donors (Lipinski definition) is 1. The second-order valence-electron chi connectivity index (χ2n) is 8.89. The fourth-order valence-corrected chi connectivity index (χ4v) is 4.56. The van der Waals surface area contributed by atoms with E-state index in [0.717, 1.165) is 31.3 Å². The van der Waals surface area contributed by atoms with Crippen LogP contribution in [0.4, 0.5) is 0 Å². The molecule has 1 aromatic heterocycles. The van der Waals surface area contributed by atoms with Gasteiger partial charge in [-0.1, -0.05) is 82.4 Å². The van der Waals surface area contributed by atoms with Crippen LogP contribution in [0.25, 0.3) is 0 Å². The molecular weight excluding hydrogens is 374 g/mol. The van der Waals surface area contributed by atoms with Gasteiger partial charge in [-0.15, -0.1) is 0 Å². The summed E-state index contributed by atoms with van der Waals surface area (Å²) < 4.78 is 7.49. The summed E-state index contributed by atoms with van der Waals surface area (Å²) in [6.07, 6.45) is 26.7. The standard InChI is InChI=1S/C25H39N3O2/c26-24(22-16-12-9-13-17-22)28-20-27-18-23(28)25(29)30-19-21-14-10-7-5-3-1-2-4-6-8-11-15-21/h12,16-18,20-21,24H,1-11,13-15,19,26H2/t24-/m0/s1. The first-order valence-corrected chi connectivity index (χ1v) is 12.1. The third-order valence-corrected chi connectivity index (χ3v) is 6.46. The van der Waals surface area contributed by atoms with Crippen molar-refractivity contribution < 1.29 is 9.53 Å². The van der Waals surface area contributed by atoms with Crippen molar-refractivity contribution in [2.24, 2.45) is 11.7 Å². The van der Waals surface area contributed by atoms with E-state index in [4.69, 9.17) is 10.5 Å². The molecule has 2 aliphatic carbocycles. The molecule has 0 aromatic carbocycles. The van der Waals surface area contributed by atoms with Crippen LogP contribution in [0.3, 0.4) is 0 Å². The molecule has 1 heterocycles. The minimum absolute atomic E-state index is 0.314. The number of nitrogens with zero attached hydrogens (tertiary/aromatic N) is 2. The van der Waals surface area contributed by atoms with Crippen molar-refractivity contribution >= 4 is 5.97 Å². The predicted octanol–water partition coefficient (Wildman–Crippen LogP) is 6.08. The Balaban J connectivity index is 1.54. The number of imidazole rings is 1. The number of carbonyl (C=O) groups is 1. The Bertz CT molecular complexity index is 693. The van der Waals surface area contributed by atoms with Crippen LogP contribution >= 0.6 is 0 Å². The van der Waals surface area contributed by atoms with Gasteiger partial charge in [-0.2, -0.15) is 0 Å². The Morgan fingerprint density at radius 3 is 2.27 bits per heavy atom. The Labute approximate surface area is 181 Å². The number of allylic oxidation sites excluding steroid dienone is 2. The predicted molar refractivity (Wildman–Crippen MR) is 121 cm³/mol. The fourth-order valence-electron chi connectivity index (χ4n) is 4.56. The van der Waals surface area contributed by atoms with Crippen LogP contribution in [0.15, 0.2) is 36.3 Å². The molecule has 0 radical (unpaired) electrons. The van der Waals surface area contributed by atoms with E-state index in [1.807, 2.05) is 6.08 Å². The van der Waals surface area contributed by atoms with Gasteiger partial charge in [0.1, 0.15) is 11.9 Å². The third kappa shape index (κ3) is 7.12. The Morgan fingerprint density at radius 1 is 1.03 bits per heavy atom. The lowest BCUT2D eigenvalue weighted by Gasteiger charge is -2.20. The van der Waals surface area contributed by atoms with Crippen molar-refractivity contribution in [1.29, 1.82) is 0 Å². The first kappa shape index (κ1) is 22.8. The minimum Gasteiger partial charge on any atom is -0.461 e. The molecule has 0 saturated heterocycles. The van der Waals surface area contributed by atoms with Crippen LogP contribution in [-0.4, -0.2) is 22.1 Å². The van der Waals surface area contributed by atoms with E-state index in [1.165, 1.54) is 64.2 Å². The molecule has 0 spiro atoms. The third-order valence-electron chi connectivity index (χ3n) is 6.46. The van der Waals surface area contributed by atoms with E-state index in [1.54, 1.807) is 17.1 Å². The quantitative estimate of drug-likeness (QED) is 0.593. The molecule has 1 fully saturated rings. The summed E-state index contributed by atoms with van der Waals surface area (Å²) in [5.41, 5.74) is 7.85. The van der Waals surface area contributed by atoms with Crippen LogP contribution in [0.2, 0.25) is 0 Å². The summed E-state index contributed by atoms with van der Waals surface area (Å²) in [6, 6.07) is 0. The molecule has 2 N–H and O–H groups in total. The number of rotatable bonds is 5. The molecule has 1 aromatic rings. The van der Waals surface area contributed by atoms with Crippen LogP contribution in [0.1, 0.15) is 107 Å². The van der Waals surface area contributed by atoms with E-state index in [0.29, 0.717) is 18.2 Å². The highest BCUT2D eigenvalue weighted by Crippen LogP contribution is 2.23. The number of carbonyl (C=O) groups excluding carboxylic acids is 1. The van der Waals surface area contributed by atoms with Crippen molar-refractivity contribution in [3.05, 3.63) is 42.0 Å². The fraction of sp³-hybridized carbons (Fsp3) is 0.680. The van der Waals surface area contributed by atoms with Gasteiger partial charge in [0.2, 0.25) is 0 Å². The van der Waals surface area contributed by atoms with E-state index in [9.17, 15) is 4.79 Å². The lowest BCUT2D eigenvalue weighted by Crippen LogP contribution is -2.25. The Morgan fingerprint density at radius 2 is 1.67 bits per heavy atom. The van der Waals surface area contributed by atoms with Crippen molar-refractivity contribution in [1.82, 2.24) is 9.55 Å². The first-order valence-electron chi connectivity index (χ1n) is 12.1. The number of ether oxygens (including phenoxy) is 1. The highest BCUT2D eigenvalue weighted by Gasteiger charge is 2.21. The molecule has 1 atom stereocenters. The minimum atomic E-state index is -0.406. The zero-order valence-electron chi connectivity index (χ0n) is 18.4. The molecule has 30 heavy (non-hydrogen) atoms. The van der Waals surface area contributed by atoms with Crippen molar-refractivity contribution in [3.8, 4) is 0 Å². The zero-order valence-corrected chi connectivity index (χ0v) is 18.4. The number of esters is 1. The van der Waals surface area contributed by atoms with Crippen LogP contribution in [-0.2, 0) is 4.74 Å². The summed E-state index contributed by atoms with van der Waals surface area (Å²) in [5.74, 6) is 0.148. The SMILES string of the molecule is N[C@H](C1=CCCC=C1)n1cncc1C(=O)OCC1CCCCCCCCCCCC1. The monoisotopic (exact) mass is 413 g/mol. The lowest BCUT2D eigenvalue weighted by atomic mass is 9.95. The lowest BCUT2D eigenvalue weighted by molar-refractivity contribution is 0.0408. The molecule has 1 saturated carbocycles. The van der Waals surface area contributed by atoms with E-state index < -0.39 is 6.17 Å². The summed E-state index contributed by atoms with van der Waals surface area (Å²) in [7, 11) is 0. The maximum atomic E-state index is 12.8. The Hall–Kier alpha value is -1.88. The summed E-state index contributed by atoms with van der Waals surface area (Å²) in [5, 5.41) is 0. The van der Waals surface area contributed by atoms with Crippen LogP contribution in [0, 0.1) is 5.92 Å². The molecule has 0 amide bonds. The van der Waals surface area contributed by atoms with Gasteiger partial charge in [-0.05, 0) is 37.2 Å². The summed E-state index contributed by atoms with van der Waals surface area (Å²) in [4.78, 5) is 17.0. The van der Waals surface area contributed by atoms with Crippen LogP contribution in [0.5, 0.6) is 0 Å². The second-order valence-corrected chi connectivity index (χ2v) is 8.89. The van der Waals surface area contributed by atoms with Crippen molar-refractivity contribution in [3.63, 3.8) is 0 Å². The molecular formula is C25H39N3O2. The topological polar surface area (TPSA) is 70.1 Å². The largest absolute Gasteiger partial charge is 0.461 e. The summed E-state index contributed by atoms with van der Waals surface area (Å²) >= 11 is 0. The van der Waals surface area contributed by atoms with Crippen LogP contribution < -0.4 is 5.73 Å².